The molecule has 0 spiro atoms. The average Bonchev–Trinajstić information content (AvgIpc) is 2.24. The number of benzene rings is 1. The van der Waals surface area contributed by atoms with Gasteiger partial charge in [-0.2, -0.15) is 8.42 Å². The summed E-state index contributed by atoms with van der Waals surface area (Å²) in [5.41, 5.74) is 3.78. The molecule has 4 nitrogen and oxygen atoms in total. The van der Waals surface area contributed by atoms with Gasteiger partial charge in [-0.15, -0.1) is 0 Å². The van der Waals surface area contributed by atoms with E-state index in [1.165, 1.54) is 16.7 Å². The van der Waals surface area contributed by atoms with E-state index in [0.717, 1.165) is 19.5 Å². The second-order valence-corrected chi connectivity index (χ2v) is 6.17. The summed E-state index contributed by atoms with van der Waals surface area (Å²) < 4.78 is 29.6. The molecule has 0 bridgehead atoms. The summed E-state index contributed by atoms with van der Waals surface area (Å²) in [4.78, 5) is 0. The predicted molar refractivity (Wildman–Crippen MR) is 73.3 cm³/mol. The van der Waals surface area contributed by atoms with Crippen LogP contribution >= 0.6 is 0 Å². The van der Waals surface area contributed by atoms with Crippen molar-refractivity contribution in [3.05, 3.63) is 34.9 Å². The van der Waals surface area contributed by atoms with Crippen LogP contribution in [0.25, 0.3) is 0 Å². The van der Waals surface area contributed by atoms with Crippen LogP contribution < -0.4 is 5.32 Å². The lowest BCUT2D eigenvalue weighted by Crippen LogP contribution is -2.16. The van der Waals surface area contributed by atoms with E-state index in [1.54, 1.807) is 0 Å². The van der Waals surface area contributed by atoms with Gasteiger partial charge < -0.3 is 5.32 Å². The minimum atomic E-state index is -3.80. The van der Waals surface area contributed by atoms with Gasteiger partial charge in [-0.05, 0) is 44.4 Å². The van der Waals surface area contributed by atoms with Crippen molar-refractivity contribution >= 4 is 10.1 Å². The number of aryl methyl sites for hydroxylation is 2. The summed E-state index contributed by atoms with van der Waals surface area (Å²) in [5, 5.41) is 3.27. The van der Waals surface area contributed by atoms with Gasteiger partial charge in [0.1, 0.15) is 0 Å². The van der Waals surface area contributed by atoms with Crippen LogP contribution in [-0.2, 0) is 16.7 Å². The molecule has 1 aromatic rings. The highest BCUT2D eigenvalue weighted by Crippen LogP contribution is 2.10. The molecule has 0 atom stereocenters. The maximum absolute atomic E-state index is 10.5. The Morgan fingerprint density at radius 3 is 2.56 bits per heavy atom. The molecule has 0 saturated heterocycles. The molecule has 0 saturated carbocycles. The number of hydrogen-bond donors (Lipinski definition) is 2. The molecule has 0 fully saturated rings. The Morgan fingerprint density at radius 2 is 1.94 bits per heavy atom. The molecule has 1 rings (SSSR count). The van der Waals surface area contributed by atoms with Crippen LogP contribution in [0.2, 0.25) is 0 Å². The molecular weight excluding hydrogens is 250 g/mol. The smallest absolute Gasteiger partial charge is 0.264 e. The molecular formula is C13H21NO3S. The van der Waals surface area contributed by atoms with E-state index in [2.05, 4.69) is 37.4 Å². The molecule has 0 aliphatic heterocycles. The first-order valence-electron chi connectivity index (χ1n) is 6.10. The fourth-order valence-electron chi connectivity index (χ4n) is 1.80. The maximum atomic E-state index is 10.5. The monoisotopic (exact) mass is 271 g/mol. The molecule has 0 aliphatic carbocycles. The van der Waals surface area contributed by atoms with Gasteiger partial charge in [0.05, 0.1) is 5.75 Å². The van der Waals surface area contributed by atoms with Crippen molar-refractivity contribution in [3.8, 4) is 0 Å². The summed E-state index contributed by atoms with van der Waals surface area (Å²) in [6, 6.07) is 6.34. The first kappa shape index (κ1) is 15.1. The molecule has 1 aromatic carbocycles. The maximum Gasteiger partial charge on any atom is 0.264 e. The first-order chi connectivity index (χ1) is 8.38. The van der Waals surface area contributed by atoms with Crippen LogP contribution in [0.15, 0.2) is 18.2 Å². The Bertz CT molecular complexity index is 483. The lowest BCUT2D eigenvalue weighted by atomic mass is 10.1. The fourth-order valence-corrected chi connectivity index (χ4v) is 2.37. The normalized spacial score (nSPS) is 11.7. The van der Waals surface area contributed by atoms with Crippen molar-refractivity contribution in [3.63, 3.8) is 0 Å². The van der Waals surface area contributed by atoms with E-state index in [-0.39, 0.29) is 5.75 Å². The van der Waals surface area contributed by atoms with Crippen LogP contribution in [0.4, 0.5) is 0 Å². The number of nitrogens with one attached hydrogen (secondary N) is 1. The van der Waals surface area contributed by atoms with Crippen LogP contribution in [0.5, 0.6) is 0 Å². The molecule has 0 radical (unpaired) electrons. The highest BCUT2D eigenvalue weighted by Gasteiger charge is 2.03. The van der Waals surface area contributed by atoms with Crippen LogP contribution in [0, 0.1) is 13.8 Å². The zero-order valence-corrected chi connectivity index (χ0v) is 11.8. The molecule has 2 N–H and O–H groups in total. The van der Waals surface area contributed by atoms with Gasteiger partial charge in [0.25, 0.3) is 10.1 Å². The van der Waals surface area contributed by atoms with E-state index < -0.39 is 10.1 Å². The van der Waals surface area contributed by atoms with Crippen molar-refractivity contribution in [2.24, 2.45) is 0 Å². The quantitative estimate of drug-likeness (QED) is 0.588. The van der Waals surface area contributed by atoms with Crippen molar-refractivity contribution in [1.82, 2.24) is 5.32 Å². The topological polar surface area (TPSA) is 66.4 Å². The Morgan fingerprint density at radius 1 is 1.22 bits per heavy atom. The average molecular weight is 271 g/mol. The van der Waals surface area contributed by atoms with Gasteiger partial charge in [-0.1, -0.05) is 23.8 Å². The number of unbranched alkanes of at least 4 members (excludes halogenated alkanes) is 1. The van der Waals surface area contributed by atoms with Gasteiger partial charge >= 0.3 is 0 Å². The van der Waals surface area contributed by atoms with E-state index >= 15 is 0 Å². The molecule has 18 heavy (non-hydrogen) atoms. The van der Waals surface area contributed by atoms with Crippen molar-refractivity contribution < 1.29 is 13.0 Å². The van der Waals surface area contributed by atoms with Crippen molar-refractivity contribution in [2.75, 3.05) is 12.3 Å². The van der Waals surface area contributed by atoms with Crippen LogP contribution in [-0.4, -0.2) is 25.3 Å². The molecule has 5 heteroatoms. The minimum Gasteiger partial charge on any atom is -0.313 e. The van der Waals surface area contributed by atoms with E-state index in [4.69, 9.17) is 4.55 Å². The minimum absolute atomic E-state index is 0.155. The van der Waals surface area contributed by atoms with E-state index in [9.17, 15) is 8.42 Å². The third kappa shape index (κ3) is 6.14. The molecule has 102 valence electrons. The summed E-state index contributed by atoms with van der Waals surface area (Å²) in [6.45, 7) is 5.70. The van der Waals surface area contributed by atoms with E-state index in [0.29, 0.717) is 6.42 Å². The molecule has 0 amide bonds. The second kappa shape index (κ2) is 6.87. The first-order valence-corrected chi connectivity index (χ1v) is 7.71. The Hall–Kier alpha value is -0.910. The molecule has 0 aliphatic rings. The van der Waals surface area contributed by atoms with Gasteiger partial charge in [0, 0.05) is 6.54 Å². The third-order valence-corrected chi connectivity index (χ3v) is 3.62. The van der Waals surface area contributed by atoms with Crippen LogP contribution in [0.3, 0.4) is 0 Å². The highest BCUT2D eigenvalue weighted by molar-refractivity contribution is 7.85. The Labute approximate surface area is 109 Å². The van der Waals surface area contributed by atoms with Crippen molar-refractivity contribution in [1.29, 1.82) is 0 Å². The summed E-state index contributed by atoms with van der Waals surface area (Å²) in [7, 11) is -3.80. The third-order valence-electron chi connectivity index (χ3n) is 2.82. The Balaban J connectivity index is 2.22. The van der Waals surface area contributed by atoms with Crippen LogP contribution in [0.1, 0.15) is 29.5 Å². The summed E-state index contributed by atoms with van der Waals surface area (Å²) >= 11 is 0. The van der Waals surface area contributed by atoms with Crippen molar-refractivity contribution in [2.45, 2.75) is 33.2 Å². The molecule has 0 heterocycles. The standard InChI is InChI=1S/C13H21NO3S/c1-11-5-6-13(12(2)9-11)10-14-7-3-4-8-18(15,16)17/h5-6,9,14H,3-4,7-8,10H2,1-2H3,(H,15,16,17). The highest BCUT2D eigenvalue weighted by atomic mass is 32.2. The molecule has 0 aromatic heterocycles. The fraction of sp³-hybridized carbons (Fsp3) is 0.538. The van der Waals surface area contributed by atoms with Gasteiger partial charge in [-0.25, -0.2) is 0 Å². The summed E-state index contributed by atoms with van der Waals surface area (Å²) in [5.74, 6) is -0.155. The predicted octanol–water partition coefficient (Wildman–Crippen LogP) is 2.06. The lowest BCUT2D eigenvalue weighted by molar-refractivity contribution is 0.479. The van der Waals surface area contributed by atoms with E-state index in [1.807, 2.05) is 0 Å². The molecule has 0 unspecified atom stereocenters. The van der Waals surface area contributed by atoms with Gasteiger partial charge in [-0.3, -0.25) is 4.55 Å². The Kier molecular flexibility index (Phi) is 5.78. The number of hydrogen-bond acceptors (Lipinski definition) is 3. The largest absolute Gasteiger partial charge is 0.313 e. The number of rotatable bonds is 7. The summed E-state index contributed by atoms with van der Waals surface area (Å²) in [6.07, 6.45) is 1.23. The van der Waals surface area contributed by atoms with Gasteiger partial charge in [0.2, 0.25) is 0 Å². The lowest BCUT2D eigenvalue weighted by Gasteiger charge is -2.08. The zero-order chi connectivity index (χ0) is 13.6. The second-order valence-electron chi connectivity index (χ2n) is 4.60. The van der Waals surface area contributed by atoms with Gasteiger partial charge in [0.15, 0.2) is 0 Å². The zero-order valence-electron chi connectivity index (χ0n) is 10.9. The SMILES string of the molecule is Cc1ccc(CNCCCCS(=O)(=O)O)c(C)c1.